The van der Waals surface area contributed by atoms with Gasteiger partial charge in [0.25, 0.3) is 0 Å². The van der Waals surface area contributed by atoms with Gasteiger partial charge in [-0.15, -0.1) is 13.2 Å². The molecule has 2 N–H and O–H groups in total. The molecular formula is C13H10F3NO3. The average Bonchev–Trinajstić information content (AvgIpc) is 2.38. The molecule has 4 nitrogen and oxygen atoms in total. The number of H-pyrrole nitrogens is 1. The van der Waals surface area contributed by atoms with Gasteiger partial charge in [0, 0.05) is 23.4 Å². The summed E-state index contributed by atoms with van der Waals surface area (Å²) in [6.07, 6.45) is -3.58. The van der Waals surface area contributed by atoms with Crippen molar-refractivity contribution in [1.82, 2.24) is 4.98 Å². The van der Waals surface area contributed by atoms with Crippen LogP contribution in [0.25, 0.3) is 11.1 Å². The van der Waals surface area contributed by atoms with Crippen molar-refractivity contribution < 1.29 is 23.0 Å². The number of para-hydroxylation sites is 1. The first-order valence-electron chi connectivity index (χ1n) is 5.58. The fourth-order valence-electron chi connectivity index (χ4n) is 1.80. The van der Waals surface area contributed by atoms with Gasteiger partial charge in [0.05, 0.1) is 6.61 Å². The summed E-state index contributed by atoms with van der Waals surface area (Å²) >= 11 is 0. The Morgan fingerprint density at radius 3 is 2.55 bits per heavy atom. The van der Waals surface area contributed by atoms with Crippen LogP contribution in [0, 0.1) is 0 Å². The molecule has 0 bridgehead atoms. The largest absolute Gasteiger partial charge is 0.573 e. The zero-order valence-electron chi connectivity index (χ0n) is 10.1. The molecule has 0 aliphatic heterocycles. The van der Waals surface area contributed by atoms with E-state index in [1.54, 1.807) is 0 Å². The molecule has 0 saturated carbocycles. The molecule has 0 amide bonds. The van der Waals surface area contributed by atoms with Crippen molar-refractivity contribution in [3.8, 4) is 16.9 Å². The molecule has 1 heterocycles. The van der Waals surface area contributed by atoms with Gasteiger partial charge in [-0.3, -0.25) is 4.79 Å². The Balaban J connectivity index is 2.56. The van der Waals surface area contributed by atoms with Crippen molar-refractivity contribution >= 4 is 0 Å². The van der Waals surface area contributed by atoms with Crippen LogP contribution >= 0.6 is 0 Å². The zero-order chi connectivity index (χ0) is 14.8. The summed E-state index contributed by atoms with van der Waals surface area (Å²) in [6.45, 7) is -0.473. The number of benzene rings is 1. The smallest absolute Gasteiger partial charge is 0.405 e. The van der Waals surface area contributed by atoms with Crippen molar-refractivity contribution in [2.45, 2.75) is 13.0 Å². The summed E-state index contributed by atoms with van der Waals surface area (Å²) in [7, 11) is 0. The Labute approximate surface area is 111 Å². The Morgan fingerprint density at radius 2 is 1.90 bits per heavy atom. The van der Waals surface area contributed by atoms with Gasteiger partial charge in [0.1, 0.15) is 5.75 Å². The number of alkyl halides is 3. The maximum Gasteiger partial charge on any atom is 0.573 e. The number of aliphatic hydroxyl groups excluding tert-OH is 1. The second-order valence-electron chi connectivity index (χ2n) is 3.94. The number of aliphatic hydroxyl groups is 1. The number of hydrogen-bond donors (Lipinski definition) is 2. The lowest BCUT2D eigenvalue weighted by atomic mass is 10.0. The van der Waals surface area contributed by atoms with E-state index >= 15 is 0 Å². The van der Waals surface area contributed by atoms with Gasteiger partial charge in [-0.05, 0) is 11.6 Å². The highest BCUT2D eigenvalue weighted by Gasteiger charge is 2.32. The average molecular weight is 285 g/mol. The molecule has 2 aromatic rings. The van der Waals surface area contributed by atoms with E-state index in [2.05, 4.69) is 9.72 Å². The maximum atomic E-state index is 12.4. The van der Waals surface area contributed by atoms with E-state index in [0.29, 0.717) is 0 Å². The van der Waals surface area contributed by atoms with Gasteiger partial charge in [-0.25, -0.2) is 0 Å². The fourth-order valence-corrected chi connectivity index (χ4v) is 1.80. The highest BCUT2D eigenvalue weighted by atomic mass is 19.4. The first kappa shape index (κ1) is 14.1. The molecule has 0 aliphatic carbocycles. The van der Waals surface area contributed by atoms with Crippen LogP contribution in [0.4, 0.5) is 13.2 Å². The van der Waals surface area contributed by atoms with Crippen LogP contribution < -0.4 is 10.3 Å². The summed E-state index contributed by atoms with van der Waals surface area (Å²) < 4.78 is 41.0. The fraction of sp³-hybridized carbons (Fsp3) is 0.154. The van der Waals surface area contributed by atoms with E-state index in [1.807, 2.05) is 0 Å². The van der Waals surface area contributed by atoms with E-state index in [4.69, 9.17) is 0 Å². The quantitative estimate of drug-likeness (QED) is 0.910. The predicted octanol–water partition coefficient (Wildman–Crippen LogP) is 2.43. The number of pyridine rings is 1. The van der Waals surface area contributed by atoms with Crippen LogP contribution in [-0.4, -0.2) is 16.5 Å². The molecule has 0 atom stereocenters. The molecule has 0 saturated heterocycles. The number of hydrogen-bond acceptors (Lipinski definition) is 3. The number of halogens is 3. The van der Waals surface area contributed by atoms with Gasteiger partial charge in [-0.1, -0.05) is 18.2 Å². The van der Waals surface area contributed by atoms with Crippen molar-refractivity contribution in [3.05, 3.63) is 52.4 Å². The normalized spacial score (nSPS) is 11.4. The van der Waals surface area contributed by atoms with Crippen LogP contribution in [-0.2, 0) is 6.61 Å². The zero-order valence-corrected chi connectivity index (χ0v) is 10.1. The third-order valence-corrected chi connectivity index (χ3v) is 2.58. The van der Waals surface area contributed by atoms with E-state index in [1.165, 1.54) is 24.4 Å². The summed E-state index contributed by atoms with van der Waals surface area (Å²) in [5.74, 6) is -0.401. The summed E-state index contributed by atoms with van der Waals surface area (Å²) in [5, 5.41) is 9.21. The highest BCUT2D eigenvalue weighted by Crippen LogP contribution is 2.34. The van der Waals surface area contributed by atoms with Gasteiger partial charge < -0.3 is 14.8 Å². The molecule has 0 aliphatic rings. The molecule has 106 valence electrons. The minimum Gasteiger partial charge on any atom is -0.405 e. The Morgan fingerprint density at radius 1 is 1.20 bits per heavy atom. The molecule has 1 aromatic carbocycles. The Hall–Kier alpha value is -2.28. The molecule has 7 heteroatoms. The van der Waals surface area contributed by atoms with Crippen LogP contribution in [0.5, 0.6) is 5.75 Å². The molecule has 0 unspecified atom stereocenters. The van der Waals surface area contributed by atoms with E-state index < -0.39 is 24.3 Å². The van der Waals surface area contributed by atoms with E-state index in [0.717, 1.165) is 12.1 Å². The number of ether oxygens (including phenoxy) is 1. The second kappa shape index (κ2) is 5.38. The third kappa shape index (κ3) is 3.18. The van der Waals surface area contributed by atoms with Crippen LogP contribution in [0.3, 0.4) is 0 Å². The Kier molecular flexibility index (Phi) is 3.80. The topological polar surface area (TPSA) is 62.3 Å². The molecule has 0 fully saturated rings. The second-order valence-corrected chi connectivity index (χ2v) is 3.94. The SMILES string of the molecule is O=c1cc(CO)c(-c2ccccc2OC(F)(F)F)c[nH]1. The van der Waals surface area contributed by atoms with Crippen molar-refractivity contribution in [1.29, 1.82) is 0 Å². The number of nitrogens with one attached hydrogen (secondary N) is 1. The van der Waals surface area contributed by atoms with Crippen molar-refractivity contribution in [2.75, 3.05) is 0 Å². The summed E-state index contributed by atoms with van der Waals surface area (Å²) in [4.78, 5) is 13.5. The summed E-state index contributed by atoms with van der Waals surface area (Å²) in [6, 6.07) is 6.63. The van der Waals surface area contributed by atoms with Crippen LogP contribution in [0.2, 0.25) is 0 Å². The van der Waals surface area contributed by atoms with Gasteiger partial charge >= 0.3 is 6.36 Å². The monoisotopic (exact) mass is 285 g/mol. The summed E-state index contributed by atoms with van der Waals surface area (Å²) in [5.41, 5.74) is 0.163. The Bertz CT molecular complexity index is 664. The van der Waals surface area contributed by atoms with Crippen LogP contribution in [0.1, 0.15) is 5.56 Å². The molecule has 20 heavy (non-hydrogen) atoms. The van der Waals surface area contributed by atoms with E-state index in [-0.39, 0.29) is 16.7 Å². The van der Waals surface area contributed by atoms with Gasteiger partial charge in [0.15, 0.2) is 0 Å². The minimum atomic E-state index is -4.82. The lowest BCUT2D eigenvalue weighted by Crippen LogP contribution is -2.17. The molecular weight excluding hydrogens is 275 g/mol. The molecule has 2 rings (SSSR count). The number of aromatic amines is 1. The lowest BCUT2D eigenvalue weighted by molar-refractivity contribution is -0.274. The van der Waals surface area contributed by atoms with Crippen molar-refractivity contribution in [2.24, 2.45) is 0 Å². The highest BCUT2D eigenvalue weighted by molar-refractivity contribution is 5.72. The van der Waals surface area contributed by atoms with Crippen LogP contribution in [0.15, 0.2) is 41.3 Å². The number of rotatable bonds is 3. The van der Waals surface area contributed by atoms with Crippen molar-refractivity contribution in [3.63, 3.8) is 0 Å². The van der Waals surface area contributed by atoms with Gasteiger partial charge in [-0.2, -0.15) is 0 Å². The first-order chi connectivity index (χ1) is 9.40. The lowest BCUT2D eigenvalue weighted by Gasteiger charge is -2.14. The number of aromatic nitrogens is 1. The first-order valence-corrected chi connectivity index (χ1v) is 5.58. The third-order valence-electron chi connectivity index (χ3n) is 2.58. The maximum absolute atomic E-state index is 12.4. The molecule has 1 aromatic heterocycles. The molecule has 0 radical (unpaired) electrons. The standard InChI is InChI=1S/C13H10F3NO3/c14-13(15,16)20-11-4-2-1-3-9(11)10-6-17-12(19)5-8(10)7-18/h1-6,18H,7H2,(H,17,19). The molecule has 0 spiro atoms. The van der Waals surface area contributed by atoms with Gasteiger partial charge in [0.2, 0.25) is 5.56 Å². The van der Waals surface area contributed by atoms with E-state index in [9.17, 15) is 23.1 Å². The predicted molar refractivity (Wildman–Crippen MR) is 65.1 cm³/mol. The minimum absolute atomic E-state index is 0.130.